The molecule has 0 saturated heterocycles. The number of aromatic nitrogens is 4. The zero-order valence-corrected chi connectivity index (χ0v) is 13.9. The molecule has 2 aromatic heterocycles. The van der Waals surface area contributed by atoms with Crippen LogP contribution in [0.3, 0.4) is 0 Å². The molecule has 0 aliphatic heterocycles. The second kappa shape index (κ2) is 6.07. The summed E-state index contributed by atoms with van der Waals surface area (Å²) in [6.45, 7) is 0.136. The normalized spacial score (nSPS) is 11.1. The van der Waals surface area contributed by atoms with Crippen molar-refractivity contribution >= 4 is 34.2 Å². The zero-order chi connectivity index (χ0) is 17.4. The molecule has 0 fully saturated rings. The Kier molecular flexibility index (Phi) is 3.74. The minimum atomic E-state index is -0.0406. The maximum Gasteiger partial charge on any atom is 0.232 e. The molecule has 0 saturated carbocycles. The van der Waals surface area contributed by atoms with Crippen molar-refractivity contribution < 1.29 is 4.79 Å². The van der Waals surface area contributed by atoms with E-state index in [0.717, 1.165) is 11.0 Å². The number of nitrogens with zero attached hydrogens (tertiary/aromatic N) is 4. The highest BCUT2D eigenvalue weighted by molar-refractivity contribution is 6.30. The number of fused-ring (bicyclic) bond motifs is 1. The third-order valence-electron chi connectivity index (χ3n) is 3.92. The lowest BCUT2D eigenvalue weighted by atomic mass is 10.1. The second-order valence-electron chi connectivity index (χ2n) is 5.60. The van der Waals surface area contributed by atoms with Crippen LogP contribution in [0.15, 0.2) is 60.8 Å². The van der Waals surface area contributed by atoms with Crippen molar-refractivity contribution in [3.8, 4) is 5.95 Å². The van der Waals surface area contributed by atoms with Gasteiger partial charge in [0.05, 0.1) is 17.6 Å². The van der Waals surface area contributed by atoms with Crippen molar-refractivity contribution in [2.45, 2.75) is 6.54 Å². The van der Waals surface area contributed by atoms with E-state index < -0.39 is 0 Å². The van der Waals surface area contributed by atoms with E-state index >= 15 is 0 Å². The number of ketones is 1. The number of nitrogens with two attached hydrogens (primary N) is 1. The van der Waals surface area contributed by atoms with Crippen molar-refractivity contribution in [3.63, 3.8) is 0 Å². The van der Waals surface area contributed by atoms with Crippen LogP contribution in [-0.4, -0.2) is 25.1 Å². The Bertz CT molecular complexity index is 1060. The van der Waals surface area contributed by atoms with E-state index in [9.17, 15) is 4.79 Å². The fraction of sp³-hybridized carbons (Fsp3) is 0.0556. The molecule has 6 nitrogen and oxygen atoms in total. The summed E-state index contributed by atoms with van der Waals surface area (Å²) in [5.74, 6) is 0.893. The fourth-order valence-corrected chi connectivity index (χ4v) is 2.84. The van der Waals surface area contributed by atoms with Crippen LogP contribution < -0.4 is 5.73 Å². The monoisotopic (exact) mass is 351 g/mol. The lowest BCUT2D eigenvalue weighted by Crippen LogP contribution is -2.14. The summed E-state index contributed by atoms with van der Waals surface area (Å²) in [5, 5.41) is 4.81. The number of imidazole rings is 1. The van der Waals surface area contributed by atoms with E-state index in [0.29, 0.717) is 22.4 Å². The van der Waals surface area contributed by atoms with Crippen molar-refractivity contribution in [1.29, 1.82) is 0 Å². The molecule has 4 aromatic rings. The minimum Gasteiger partial charge on any atom is -0.382 e. The Balaban J connectivity index is 1.79. The molecule has 7 heteroatoms. The number of Topliss-reactive ketones (excluding diaryl/α,β-unsaturated/α-hetero) is 1. The molecule has 0 aliphatic rings. The summed E-state index contributed by atoms with van der Waals surface area (Å²) in [5.41, 5.74) is 7.95. The van der Waals surface area contributed by atoms with Crippen molar-refractivity contribution in [1.82, 2.24) is 19.3 Å². The summed E-state index contributed by atoms with van der Waals surface area (Å²) in [6, 6.07) is 16.2. The van der Waals surface area contributed by atoms with Crippen molar-refractivity contribution in [2.24, 2.45) is 0 Å². The molecule has 2 heterocycles. The number of carbonyl (C=O) groups is 1. The summed E-state index contributed by atoms with van der Waals surface area (Å²) >= 11 is 5.89. The molecule has 0 spiro atoms. The van der Waals surface area contributed by atoms with Gasteiger partial charge in [0.1, 0.15) is 5.82 Å². The Morgan fingerprint density at radius 2 is 1.84 bits per heavy atom. The van der Waals surface area contributed by atoms with Gasteiger partial charge in [-0.25, -0.2) is 9.67 Å². The number of hydrogen-bond donors (Lipinski definition) is 1. The standard InChI is InChI=1S/C18H14ClN5O/c19-13-7-5-12(6-8-13)16(25)11-23-15-4-2-1-3-14(15)21-18(23)24-10-9-17(20)22-24/h1-10H,11H2,(H2,20,22). The van der Waals surface area contributed by atoms with Gasteiger partial charge >= 0.3 is 0 Å². The van der Waals surface area contributed by atoms with Gasteiger partial charge in [0, 0.05) is 22.8 Å². The third-order valence-corrected chi connectivity index (χ3v) is 4.17. The molecule has 0 radical (unpaired) electrons. The predicted octanol–water partition coefficient (Wildman–Crippen LogP) is 3.34. The smallest absolute Gasteiger partial charge is 0.232 e. The summed E-state index contributed by atoms with van der Waals surface area (Å²) in [7, 11) is 0. The van der Waals surface area contributed by atoms with Crippen LogP contribution in [0.4, 0.5) is 5.82 Å². The number of benzene rings is 2. The summed E-state index contributed by atoms with van der Waals surface area (Å²) in [6.07, 6.45) is 1.72. The molecule has 0 bridgehead atoms. The first-order chi connectivity index (χ1) is 12.1. The minimum absolute atomic E-state index is 0.0406. The first-order valence-electron chi connectivity index (χ1n) is 7.67. The van der Waals surface area contributed by atoms with Gasteiger partial charge in [-0.3, -0.25) is 4.79 Å². The maximum atomic E-state index is 12.7. The SMILES string of the molecule is Nc1ccn(-c2nc3ccccc3n2CC(=O)c2ccc(Cl)cc2)n1. The van der Waals surface area contributed by atoms with Crippen LogP contribution in [0.25, 0.3) is 17.0 Å². The lowest BCUT2D eigenvalue weighted by molar-refractivity contribution is 0.0973. The fourth-order valence-electron chi connectivity index (χ4n) is 2.71. The maximum absolute atomic E-state index is 12.7. The molecule has 0 unspecified atom stereocenters. The molecule has 0 atom stereocenters. The third kappa shape index (κ3) is 2.88. The van der Waals surface area contributed by atoms with Crippen LogP contribution in [0.2, 0.25) is 5.02 Å². The van der Waals surface area contributed by atoms with Crippen LogP contribution in [-0.2, 0) is 6.54 Å². The lowest BCUT2D eigenvalue weighted by Gasteiger charge is -2.08. The van der Waals surface area contributed by atoms with Gasteiger partial charge in [-0.05, 0) is 36.4 Å². The van der Waals surface area contributed by atoms with Gasteiger partial charge in [0.2, 0.25) is 5.95 Å². The first-order valence-corrected chi connectivity index (χ1v) is 8.05. The molecular formula is C18H14ClN5O. The van der Waals surface area contributed by atoms with E-state index in [4.69, 9.17) is 17.3 Å². The van der Waals surface area contributed by atoms with Gasteiger partial charge in [-0.2, -0.15) is 0 Å². The van der Waals surface area contributed by atoms with Crippen LogP contribution in [0.1, 0.15) is 10.4 Å². The van der Waals surface area contributed by atoms with Crippen LogP contribution in [0.5, 0.6) is 0 Å². The van der Waals surface area contributed by atoms with Crippen molar-refractivity contribution in [2.75, 3.05) is 5.73 Å². The van der Waals surface area contributed by atoms with Gasteiger partial charge in [0.15, 0.2) is 5.78 Å². The number of anilines is 1. The number of nitrogen functional groups attached to an aromatic ring is 1. The van der Waals surface area contributed by atoms with Crippen LogP contribution >= 0.6 is 11.6 Å². The molecule has 2 N–H and O–H groups in total. The molecule has 124 valence electrons. The quantitative estimate of drug-likeness (QED) is 0.572. The number of para-hydroxylation sites is 2. The Hall–Kier alpha value is -3.12. The first kappa shape index (κ1) is 15.4. The number of carbonyl (C=O) groups excluding carboxylic acids is 1. The average molecular weight is 352 g/mol. The Morgan fingerprint density at radius 3 is 2.56 bits per heavy atom. The van der Waals surface area contributed by atoms with Gasteiger partial charge in [-0.15, -0.1) is 5.10 Å². The van der Waals surface area contributed by atoms with E-state index in [-0.39, 0.29) is 12.3 Å². The highest BCUT2D eigenvalue weighted by Gasteiger charge is 2.16. The largest absolute Gasteiger partial charge is 0.382 e. The molecular weight excluding hydrogens is 338 g/mol. The molecule has 0 amide bonds. The topological polar surface area (TPSA) is 78.7 Å². The molecule has 25 heavy (non-hydrogen) atoms. The number of halogens is 1. The summed E-state index contributed by atoms with van der Waals surface area (Å²) in [4.78, 5) is 17.3. The Morgan fingerprint density at radius 1 is 1.08 bits per heavy atom. The second-order valence-corrected chi connectivity index (χ2v) is 6.04. The van der Waals surface area contributed by atoms with Gasteiger partial charge in [-0.1, -0.05) is 23.7 Å². The van der Waals surface area contributed by atoms with E-state index in [2.05, 4.69) is 10.1 Å². The average Bonchev–Trinajstić information content (AvgIpc) is 3.19. The predicted molar refractivity (Wildman–Crippen MR) is 97.0 cm³/mol. The number of rotatable bonds is 4. The van der Waals surface area contributed by atoms with Crippen molar-refractivity contribution in [3.05, 3.63) is 71.4 Å². The zero-order valence-electron chi connectivity index (χ0n) is 13.1. The molecule has 4 rings (SSSR count). The highest BCUT2D eigenvalue weighted by Crippen LogP contribution is 2.20. The van der Waals surface area contributed by atoms with Gasteiger partial charge in [0.25, 0.3) is 0 Å². The Labute approximate surface area is 148 Å². The van der Waals surface area contributed by atoms with Gasteiger partial charge < -0.3 is 10.3 Å². The summed E-state index contributed by atoms with van der Waals surface area (Å²) < 4.78 is 3.41. The van der Waals surface area contributed by atoms with E-state index in [1.54, 1.807) is 41.2 Å². The van der Waals surface area contributed by atoms with Crippen LogP contribution in [0, 0.1) is 0 Å². The van der Waals surface area contributed by atoms with E-state index in [1.807, 2.05) is 28.8 Å². The molecule has 2 aromatic carbocycles. The highest BCUT2D eigenvalue weighted by atomic mass is 35.5. The number of hydrogen-bond acceptors (Lipinski definition) is 4. The molecule has 0 aliphatic carbocycles. The van der Waals surface area contributed by atoms with E-state index in [1.165, 1.54) is 0 Å².